The standard InChI is InChI=1S/C36H41F4N3O4Si/c1-35(2,3)48(27-10-6-4-7-11-27,28-12-8-5-9-13-28)47-32-19-33(44)41-31-22-42(17-16-29(31)32)34(45)43-20-26(21-43)46-23-24-14-15-25(18-30(24)37)36(38,39)40/h4-15,18,26,29,31-32H,16-17,19-23H2,1-3H3,(H,41,44)/t29-,31?,32?/m0/s1. The van der Waals surface area contributed by atoms with E-state index in [1.54, 1.807) is 9.80 Å². The van der Waals surface area contributed by atoms with Crippen molar-refractivity contribution in [1.29, 1.82) is 0 Å². The number of halogens is 4. The Morgan fingerprint density at radius 2 is 1.54 bits per heavy atom. The molecule has 0 bridgehead atoms. The molecule has 48 heavy (non-hydrogen) atoms. The number of fused-ring (bicyclic) bond motifs is 1. The normalized spacial score (nSPS) is 22.1. The van der Waals surface area contributed by atoms with Gasteiger partial charge < -0.3 is 24.3 Å². The molecule has 0 radical (unpaired) electrons. The molecule has 0 saturated carbocycles. The van der Waals surface area contributed by atoms with Crippen LogP contribution in [0.1, 0.15) is 44.7 Å². The van der Waals surface area contributed by atoms with Gasteiger partial charge in [0.15, 0.2) is 0 Å². The number of hydrogen-bond donors (Lipinski definition) is 1. The smallest absolute Gasteiger partial charge is 0.404 e. The zero-order valence-electron chi connectivity index (χ0n) is 27.3. The highest BCUT2D eigenvalue weighted by Gasteiger charge is 2.54. The summed E-state index contributed by atoms with van der Waals surface area (Å²) < 4.78 is 65.9. The minimum absolute atomic E-state index is 0.0257. The van der Waals surface area contributed by atoms with Gasteiger partial charge in [-0.1, -0.05) is 87.5 Å². The summed E-state index contributed by atoms with van der Waals surface area (Å²) in [5, 5.41) is 5.18. The number of nitrogens with one attached hydrogen (secondary N) is 1. The van der Waals surface area contributed by atoms with Crippen molar-refractivity contribution in [3.05, 3.63) is 95.8 Å². The number of amides is 3. The molecular formula is C36H41F4N3O4Si. The van der Waals surface area contributed by atoms with E-state index in [1.165, 1.54) is 0 Å². The van der Waals surface area contributed by atoms with E-state index in [4.69, 9.17) is 9.16 Å². The van der Waals surface area contributed by atoms with Gasteiger partial charge in [0.25, 0.3) is 8.32 Å². The number of ether oxygens (including phenoxy) is 1. The fourth-order valence-corrected chi connectivity index (χ4v) is 12.1. The Balaban J connectivity index is 1.10. The molecule has 1 N–H and O–H groups in total. The molecule has 3 fully saturated rings. The maximum absolute atomic E-state index is 14.2. The van der Waals surface area contributed by atoms with Crippen LogP contribution < -0.4 is 15.7 Å². The van der Waals surface area contributed by atoms with E-state index >= 15 is 0 Å². The predicted molar refractivity (Wildman–Crippen MR) is 176 cm³/mol. The van der Waals surface area contributed by atoms with E-state index in [2.05, 4.69) is 50.4 Å². The number of likely N-dealkylation sites (tertiary alicyclic amines) is 2. The summed E-state index contributed by atoms with van der Waals surface area (Å²) in [4.78, 5) is 30.0. The lowest BCUT2D eigenvalue weighted by atomic mass is 9.82. The van der Waals surface area contributed by atoms with E-state index < -0.39 is 25.9 Å². The van der Waals surface area contributed by atoms with Gasteiger partial charge in [-0.15, -0.1) is 0 Å². The first-order valence-electron chi connectivity index (χ1n) is 16.4. The average Bonchev–Trinajstić information content (AvgIpc) is 3.02. The van der Waals surface area contributed by atoms with Crippen molar-refractivity contribution in [2.45, 2.75) is 69.7 Å². The first-order valence-corrected chi connectivity index (χ1v) is 18.3. The molecular weight excluding hydrogens is 642 g/mol. The van der Waals surface area contributed by atoms with Gasteiger partial charge in [0, 0.05) is 24.6 Å². The minimum atomic E-state index is -4.62. The number of benzene rings is 3. The third-order valence-corrected chi connectivity index (χ3v) is 14.9. The van der Waals surface area contributed by atoms with Crippen LogP contribution in [0.15, 0.2) is 78.9 Å². The molecule has 3 saturated heterocycles. The summed E-state index contributed by atoms with van der Waals surface area (Å²) >= 11 is 0. The molecule has 6 rings (SSSR count). The molecule has 3 aromatic carbocycles. The van der Waals surface area contributed by atoms with Crippen molar-refractivity contribution in [2.75, 3.05) is 26.2 Å². The zero-order chi connectivity index (χ0) is 34.3. The van der Waals surface area contributed by atoms with E-state index in [1.807, 2.05) is 36.4 Å². The van der Waals surface area contributed by atoms with Crippen molar-refractivity contribution in [3.8, 4) is 0 Å². The maximum atomic E-state index is 14.2. The second kappa shape index (κ2) is 13.3. The number of carbonyl (C=O) groups excluding carboxylic acids is 2. The molecule has 3 aromatic rings. The highest BCUT2D eigenvalue weighted by atomic mass is 28.4. The summed E-state index contributed by atoms with van der Waals surface area (Å²) in [6.07, 6.45) is -4.38. The van der Waals surface area contributed by atoms with Gasteiger partial charge in [0.2, 0.25) is 5.91 Å². The lowest BCUT2D eigenvalue weighted by Crippen LogP contribution is -2.71. The maximum Gasteiger partial charge on any atom is 0.416 e. The highest BCUT2D eigenvalue weighted by molar-refractivity contribution is 6.99. The van der Waals surface area contributed by atoms with Crippen LogP contribution in [-0.2, 0) is 26.7 Å². The number of carbonyl (C=O) groups is 2. The van der Waals surface area contributed by atoms with E-state index in [0.717, 1.165) is 22.5 Å². The first kappa shape index (κ1) is 34.1. The van der Waals surface area contributed by atoms with Crippen molar-refractivity contribution in [3.63, 3.8) is 0 Å². The molecule has 12 heteroatoms. The van der Waals surface area contributed by atoms with Crippen LogP contribution in [0, 0.1) is 11.7 Å². The molecule has 3 atom stereocenters. The number of nitrogens with zero attached hydrogens (tertiary/aromatic N) is 2. The van der Waals surface area contributed by atoms with E-state index in [9.17, 15) is 27.2 Å². The molecule has 256 valence electrons. The molecule has 0 aliphatic carbocycles. The van der Waals surface area contributed by atoms with Gasteiger partial charge in [0.1, 0.15) is 5.82 Å². The summed E-state index contributed by atoms with van der Waals surface area (Å²) in [6, 6.07) is 22.6. The van der Waals surface area contributed by atoms with Crippen LogP contribution in [0.5, 0.6) is 0 Å². The quantitative estimate of drug-likeness (QED) is 0.271. The Kier molecular flexibility index (Phi) is 9.45. The molecule has 7 nitrogen and oxygen atoms in total. The molecule has 0 spiro atoms. The number of urea groups is 1. The second-order valence-corrected chi connectivity index (χ2v) is 18.3. The fraction of sp³-hybridized carbons (Fsp3) is 0.444. The number of piperidine rings is 2. The molecule has 3 amide bonds. The van der Waals surface area contributed by atoms with Gasteiger partial charge >= 0.3 is 12.2 Å². The Labute approximate surface area is 279 Å². The lowest BCUT2D eigenvalue weighted by Gasteiger charge is -2.51. The monoisotopic (exact) mass is 683 g/mol. The molecule has 3 aliphatic heterocycles. The van der Waals surface area contributed by atoms with E-state index in [-0.39, 0.29) is 72.8 Å². The van der Waals surface area contributed by atoms with Crippen LogP contribution in [0.2, 0.25) is 5.04 Å². The van der Waals surface area contributed by atoms with Crippen molar-refractivity contribution in [2.24, 2.45) is 5.92 Å². The lowest BCUT2D eigenvalue weighted by molar-refractivity contribution is -0.137. The summed E-state index contributed by atoms with van der Waals surface area (Å²) in [5.41, 5.74) is -1.03. The van der Waals surface area contributed by atoms with E-state index in [0.29, 0.717) is 25.6 Å². The van der Waals surface area contributed by atoms with Gasteiger partial charge in [-0.05, 0) is 34.0 Å². The van der Waals surface area contributed by atoms with Gasteiger partial charge in [-0.2, -0.15) is 13.2 Å². The Hall–Kier alpha value is -3.74. The van der Waals surface area contributed by atoms with Crippen LogP contribution in [0.3, 0.4) is 0 Å². The Bertz CT molecular complexity index is 1570. The second-order valence-electron chi connectivity index (χ2n) is 14.0. The van der Waals surface area contributed by atoms with Crippen LogP contribution in [-0.4, -0.2) is 74.5 Å². The molecule has 3 aliphatic rings. The largest absolute Gasteiger partial charge is 0.416 e. The third kappa shape index (κ3) is 6.75. The van der Waals surface area contributed by atoms with Gasteiger partial charge in [-0.3, -0.25) is 4.79 Å². The van der Waals surface area contributed by atoms with Crippen molar-refractivity contribution < 1.29 is 36.3 Å². The number of rotatable bonds is 7. The molecule has 0 aromatic heterocycles. The first-order chi connectivity index (χ1) is 22.8. The van der Waals surface area contributed by atoms with Crippen LogP contribution in [0.25, 0.3) is 0 Å². The van der Waals surface area contributed by atoms with Crippen LogP contribution >= 0.6 is 0 Å². The Morgan fingerprint density at radius 3 is 2.10 bits per heavy atom. The summed E-state index contributed by atoms with van der Waals surface area (Å²) in [6.45, 7) is 7.89. The van der Waals surface area contributed by atoms with Gasteiger partial charge in [-0.25, -0.2) is 9.18 Å². The van der Waals surface area contributed by atoms with Crippen molar-refractivity contribution >= 4 is 30.6 Å². The average molecular weight is 684 g/mol. The van der Waals surface area contributed by atoms with Crippen molar-refractivity contribution in [1.82, 2.24) is 15.1 Å². The SMILES string of the molecule is CC(C)(C)[Si](OC1CC(=O)NC2CN(C(=O)N3CC(OCc4ccc(C(F)(F)F)cc4F)C3)CC[C@@H]21)(c1ccccc1)c1ccccc1. The highest BCUT2D eigenvalue weighted by Crippen LogP contribution is 2.41. The molecule has 3 heterocycles. The van der Waals surface area contributed by atoms with Crippen LogP contribution in [0.4, 0.5) is 22.4 Å². The number of alkyl halides is 3. The summed E-state index contributed by atoms with van der Waals surface area (Å²) in [5.74, 6) is -1.05. The zero-order valence-corrected chi connectivity index (χ0v) is 28.3. The number of hydrogen-bond acceptors (Lipinski definition) is 4. The topological polar surface area (TPSA) is 71.1 Å². The predicted octanol–water partition coefficient (Wildman–Crippen LogP) is 5.32. The molecule has 2 unspecified atom stereocenters. The van der Waals surface area contributed by atoms with Gasteiger partial charge in [0.05, 0.1) is 49.9 Å². The summed E-state index contributed by atoms with van der Waals surface area (Å²) in [7, 11) is -2.91. The fourth-order valence-electron chi connectivity index (χ4n) is 7.34. The third-order valence-electron chi connectivity index (χ3n) is 9.87. The minimum Gasteiger partial charge on any atom is -0.404 e. The Morgan fingerprint density at radius 1 is 0.917 bits per heavy atom.